The molecule has 0 aliphatic heterocycles. The predicted molar refractivity (Wildman–Crippen MR) is 103 cm³/mol. The first-order chi connectivity index (χ1) is 12.4. The lowest BCUT2D eigenvalue weighted by atomic mass is 10.3. The smallest absolute Gasteiger partial charge is 0.279 e. The van der Waals surface area contributed by atoms with E-state index in [9.17, 15) is 9.59 Å². The number of halogens is 2. The van der Waals surface area contributed by atoms with E-state index in [2.05, 4.69) is 10.6 Å². The first-order valence-corrected chi connectivity index (χ1v) is 8.63. The SMILES string of the molecule is COc1cccc(NC(=O)C[NH+](C)CC(=O)Nc2cc(Cl)ccc2Cl)c1. The van der Waals surface area contributed by atoms with Gasteiger partial charge in [0, 0.05) is 16.8 Å². The highest BCUT2D eigenvalue weighted by Gasteiger charge is 2.15. The zero-order chi connectivity index (χ0) is 19.1. The average Bonchev–Trinajstić information content (AvgIpc) is 2.57. The molecule has 0 radical (unpaired) electrons. The number of hydrogen-bond donors (Lipinski definition) is 3. The molecule has 0 aliphatic carbocycles. The van der Waals surface area contributed by atoms with Gasteiger partial charge in [-0.25, -0.2) is 0 Å². The monoisotopic (exact) mass is 396 g/mol. The lowest BCUT2D eigenvalue weighted by Gasteiger charge is -2.14. The van der Waals surface area contributed by atoms with Gasteiger partial charge in [-0.05, 0) is 30.3 Å². The summed E-state index contributed by atoms with van der Waals surface area (Å²) in [6.07, 6.45) is 0. The molecule has 2 aromatic rings. The molecule has 0 aliphatic rings. The second-order valence-electron chi connectivity index (χ2n) is 5.76. The Hall–Kier alpha value is -2.28. The Labute approximate surface area is 162 Å². The maximum atomic E-state index is 12.1. The van der Waals surface area contributed by atoms with Gasteiger partial charge in [-0.2, -0.15) is 0 Å². The summed E-state index contributed by atoms with van der Waals surface area (Å²) >= 11 is 11.9. The van der Waals surface area contributed by atoms with Gasteiger partial charge < -0.3 is 20.3 Å². The van der Waals surface area contributed by atoms with Crippen LogP contribution in [0.5, 0.6) is 5.75 Å². The van der Waals surface area contributed by atoms with E-state index in [1.807, 2.05) is 0 Å². The van der Waals surface area contributed by atoms with Crippen molar-refractivity contribution in [2.45, 2.75) is 0 Å². The van der Waals surface area contributed by atoms with E-state index in [1.54, 1.807) is 56.6 Å². The number of ether oxygens (including phenoxy) is 1. The van der Waals surface area contributed by atoms with Crippen LogP contribution in [0, 0.1) is 0 Å². The van der Waals surface area contributed by atoms with Gasteiger partial charge in [0.2, 0.25) is 0 Å². The number of benzene rings is 2. The van der Waals surface area contributed by atoms with Crippen LogP contribution in [0.2, 0.25) is 10.0 Å². The molecule has 2 aromatic carbocycles. The molecular formula is C18H20Cl2N3O3+. The first-order valence-electron chi connectivity index (χ1n) is 7.87. The summed E-state index contributed by atoms with van der Waals surface area (Å²) in [7, 11) is 3.31. The Morgan fingerprint density at radius 1 is 1.04 bits per heavy atom. The first kappa shape index (κ1) is 20.0. The largest absolute Gasteiger partial charge is 0.497 e. The van der Waals surface area contributed by atoms with Crippen LogP contribution in [-0.2, 0) is 9.59 Å². The molecule has 0 bridgehead atoms. The summed E-state index contributed by atoms with van der Waals surface area (Å²) in [5.74, 6) is 0.187. The van der Waals surface area contributed by atoms with Crippen molar-refractivity contribution >= 4 is 46.4 Å². The topological polar surface area (TPSA) is 71.9 Å². The maximum Gasteiger partial charge on any atom is 0.279 e. The van der Waals surface area contributed by atoms with Crippen molar-refractivity contribution in [1.82, 2.24) is 0 Å². The molecule has 3 N–H and O–H groups in total. The molecule has 8 heteroatoms. The number of methoxy groups -OCH3 is 1. The van der Waals surface area contributed by atoms with Gasteiger partial charge in [0.1, 0.15) is 5.75 Å². The molecule has 0 fully saturated rings. The Balaban J connectivity index is 1.85. The lowest BCUT2D eigenvalue weighted by Crippen LogP contribution is -3.11. The van der Waals surface area contributed by atoms with Gasteiger partial charge >= 0.3 is 0 Å². The highest BCUT2D eigenvalue weighted by molar-refractivity contribution is 6.35. The molecule has 0 heterocycles. The number of quaternary nitrogens is 1. The van der Waals surface area contributed by atoms with Crippen LogP contribution in [0.4, 0.5) is 11.4 Å². The molecule has 1 unspecified atom stereocenters. The van der Waals surface area contributed by atoms with Crippen molar-refractivity contribution in [1.29, 1.82) is 0 Å². The number of rotatable bonds is 7. The van der Waals surface area contributed by atoms with E-state index >= 15 is 0 Å². The molecule has 1 atom stereocenters. The van der Waals surface area contributed by atoms with Crippen molar-refractivity contribution in [2.75, 3.05) is 37.9 Å². The molecule has 138 valence electrons. The lowest BCUT2D eigenvalue weighted by molar-refractivity contribution is -0.862. The van der Waals surface area contributed by atoms with E-state index in [0.717, 1.165) is 4.90 Å². The molecule has 0 aromatic heterocycles. The second-order valence-corrected chi connectivity index (χ2v) is 6.61. The van der Waals surface area contributed by atoms with Crippen LogP contribution in [0.3, 0.4) is 0 Å². The van der Waals surface area contributed by atoms with Gasteiger partial charge in [0.25, 0.3) is 11.8 Å². The zero-order valence-electron chi connectivity index (χ0n) is 14.4. The fourth-order valence-electron chi connectivity index (χ4n) is 2.30. The van der Waals surface area contributed by atoms with Crippen molar-refractivity contribution in [3.05, 3.63) is 52.5 Å². The fourth-order valence-corrected chi connectivity index (χ4v) is 2.64. The van der Waals surface area contributed by atoms with Crippen LogP contribution >= 0.6 is 23.2 Å². The molecule has 2 amide bonds. The van der Waals surface area contributed by atoms with Crippen molar-refractivity contribution in [3.8, 4) is 5.75 Å². The maximum absolute atomic E-state index is 12.1. The third-order valence-electron chi connectivity index (χ3n) is 3.48. The van der Waals surface area contributed by atoms with Crippen molar-refractivity contribution in [2.24, 2.45) is 0 Å². The number of likely N-dealkylation sites (N-methyl/N-ethyl adjacent to an activating group) is 1. The van der Waals surface area contributed by atoms with E-state index < -0.39 is 0 Å². The van der Waals surface area contributed by atoms with Gasteiger partial charge in [-0.1, -0.05) is 29.3 Å². The van der Waals surface area contributed by atoms with E-state index in [4.69, 9.17) is 27.9 Å². The standard InChI is InChI=1S/C18H19Cl2N3O3/c1-23(10-17(24)21-13-4-3-5-14(9-13)26-2)11-18(25)22-16-8-12(19)6-7-15(16)20/h3-9H,10-11H2,1-2H3,(H,21,24)(H,22,25)/p+1. The van der Waals surface area contributed by atoms with E-state index in [0.29, 0.717) is 27.2 Å². The minimum absolute atomic E-state index is 0.106. The summed E-state index contributed by atoms with van der Waals surface area (Å²) in [6.45, 7) is 0.238. The number of carbonyl (C=O) groups excluding carboxylic acids is 2. The number of hydrogen-bond acceptors (Lipinski definition) is 3. The Morgan fingerprint density at radius 2 is 1.73 bits per heavy atom. The van der Waals surface area contributed by atoms with Gasteiger partial charge in [-0.15, -0.1) is 0 Å². The number of carbonyl (C=O) groups is 2. The molecule has 6 nitrogen and oxygen atoms in total. The molecule has 0 spiro atoms. The van der Waals surface area contributed by atoms with Gasteiger partial charge in [0.15, 0.2) is 13.1 Å². The van der Waals surface area contributed by atoms with Gasteiger partial charge in [-0.3, -0.25) is 9.59 Å². The Kier molecular flexibility index (Phi) is 7.26. The summed E-state index contributed by atoms with van der Waals surface area (Å²) in [6, 6.07) is 11.9. The van der Waals surface area contributed by atoms with Crippen LogP contribution in [0.1, 0.15) is 0 Å². The normalized spacial score (nSPS) is 11.5. The third kappa shape index (κ3) is 6.22. The van der Waals surface area contributed by atoms with E-state index in [-0.39, 0.29) is 24.9 Å². The average molecular weight is 397 g/mol. The van der Waals surface area contributed by atoms with Crippen molar-refractivity contribution < 1.29 is 19.2 Å². The molecule has 0 saturated heterocycles. The Morgan fingerprint density at radius 3 is 2.42 bits per heavy atom. The number of anilines is 2. The van der Waals surface area contributed by atoms with Crippen LogP contribution < -0.4 is 20.3 Å². The molecule has 2 rings (SSSR count). The molecule has 0 saturated carbocycles. The van der Waals surface area contributed by atoms with E-state index in [1.165, 1.54) is 0 Å². The van der Waals surface area contributed by atoms with Crippen LogP contribution in [0.25, 0.3) is 0 Å². The third-order valence-corrected chi connectivity index (χ3v) is 4.05. The minimum atomic E-state index is -0.263. The summed E-state index contributed by atoms with van der Waals surface area (Å²) in [5.41, 5.74) is 1.08. The van der Waals surface area contributed by atoms with Crippen LogP contribution in [-0.4, -0.2) is 39.1 Å². The van der Waals surface area contributed by atoms with Crippen molar-refractivity contribution in [3.63, 3.8) is 0 Å². The molecule has 26 heavy (non-hydrogen) atoms. The second kappa shape index (κ2) is 9.43. The summed E-state index contributed by atoms with van der Waals surface area (Å²) in [4.78, 5) is 25.0. The molecular weight excluding hydrogens is 377 g/mol. The predicted octanol–water partition coefficient (Wildman–Crippen LogP) is 2.09. The quantitative estimate of drug-likeness (QED) is 0.670. The highest BCUT2D eigenvalue weighted by atomic mass is 35.5. The highest BCUT2D eigenvalue weighted by Crippen LogP contribution is 2.25. The Bertz CT molecular complexity index is 799. The number of nitrogens with one attached hydrogen (secondary N) is 3. The fraction of sp³-hybridized carbons (Fsp3) is 0.222. The van der Waals surface area contributed by atoms with Gasteiger partial charge in [0.05, 0.1) is 24.9 Å². The number of amides is 2. The van der Waals surface area contributed by atoms with Crippen LogP contribution in [0.15, 0.2) is 42.5 Å². The zero-order valence-corrected chi connectivity index (χ0v) is 15.9. The summed E-state index contributed by atoms with van der Waals surface area (Å²) in [5, 5.41) is 6.35. The summed E-state index contributed by atoms with van der Waals surface area (Å²) < 4.78 is 5.12. The minimum Gasteiger partial charge on any atom is -0.497 e.